The van der Waals surface area contributed by atoms with Gasteiger partial charge in [0.1, 0.15) is 27.1 Å². The normalized spacial score (nSPS) is 11.3. The number of hydrogen-bond donors (Lipinski definition) is 1. The van der Waals surface area contributed by atoms with Crippen molar-refractivity contribution in [2.24, 2.45) is 0 Å². The molecule has 148 valence electrons. The molecule has 6 nitrogen and oxygen atoms in total. The summed E-state index contributed by atoms with van der Waals surface area (Å²) in [5.74, 6) is 0.449. The predicted molar refractivity (Wildman–Crippen MR) is 116 cm³/mol. The molecule has 5 rings (SSSR count). The lowest BCUT2D eigenvalue weighted by Gasteiger charge is -2.07. The van der Waals surface area contributed by atoms with Gasteiger partial charge < -0.3 is 13.6 Å². The largest absolute Gasteiger partial charge is 0.496 e. The average molecular weight is 416 g/mol. The monoisotopic (exact) mass is 416 g/mol. The molecule has 5 aromatic rings. The Kier molecular flexibility index (Phi) is 4.25. The zero-order chi connectivity index (χ0) is 20.8. The average Bonchev–Trinajstić information content (AvgIpc) is 3.23. The summed E-state index contributed by atoms with van der Waals surface area (Å²) in [5, 5.41) is 11.6. The van der Waals surface area contributed by atoms with Gasteiger partial charge >= 0.3 is 5.78 Å². The van der Waals surface area contributed by atoms with E-state index in [0.717, 1.165) is 16.1 Å². The van der Waals surface area contributed by atoms with Crippen LogP contribution in [-0.4, -0.2) is 12.1 Å². The van der Waals surface area contributed by atoms with Gasteiger partial charge in [-0.15, -0.1) is 11.3 Å². The summed E-state index contributed by atoms with van der Waals surface area (Å²) in [6, 6.07) is 14.9. The van der Waals surface area contributed by atoms with E-state index < -0.39 is 0 Å². The molecule has 3 heterocycles. The Hall–Kier alpha value is -3.71. The number of rotatable bonds is 3. The number of nitrogens with one attached hydrogen (secondary N) is 1. The maximum absolute atomic E-state index is 13.2. The van der Waals surface area contributed by atoms with Crippen LogP contribution in [-0.2, 0) is 0 Å². The molecule has 0 spiro atoms. The minimum atomic E-state index is -0.272. The van der Waals surface area contributed by atoms with E-state index in [4.69, 9.17) is 19.0 Å². The second-order valence-electron chi connectivity index (χ2n) is 6.87. The van der Waals surface area contributed by atoms with Gasteiger partial charge in [-0.2, -0.15) is 0 Å². The van der Waals surface area contributed by atoms with E-state index in [1.807, 2.05) is 42.6 Å². The Labute approximate surface area is 174 Å². The van der Waals surface area contributed by atoms with Crippen LogP contribution in [0, 0.1) is 12.3 Å². The number of thiazole rings is 1. The first-order chi connectivity index (χ1) is 14.5. The molecule has 1 N–H and O–H groups in total. The first-order valence-corrected chi connectivity index (χ1v) is 10.1. The molecule has 30 heavy (non-hydrogen) atoms. The number of nitrogens with zero attached hydrogens (tertiary/aromatic N) is 1. The van der Waals surface area contributed by atoms with Crippen LogP contribution in [0.3, 0.4) is 0 Å². The van der Waals surface area contributed by atoms with Crippen molar-refractivity contribution in [3.8, 4) is 27.6 Å². The van der Waals surface area contributed by atoms with Gasteiger partial charge in [-0.1, -0.05) is 30.3 Å². The maximum atomic E-state index is 13.2. The third-order valence-electron chi connectivity index (χ3n) is 4.85. The second-order valence-corrected chi connectivity index (χ2v) is 7.72. The van der Waals surface area contributed by atoms with Gasteiger partial charge in [-0.3, -0.25) is 10.2 Å². The molecular weight excluding hydrogens is 400 g/mol. The molecule has 2 aromatic carbocycles. The molecule has 0 amide bonds. The molecule has 0 saturated carbocycles. The molecule has 0 aliphatic rings. The smallest absolute Gasteiger partial charge is 0.303 e. The van der Waals surface area contributed by atoms with Crippen LogP contribution in [0.1, 0.15) is 5.56 Å². The number of methoxy groups -OCH3 is 1. The van der Waals surface area contributed by atoms with E-state index in [2.05, 4.69) is 4.98 Å². The van der Waals surface area contributed by atoms with E-state index in [1.54, 1.807) is 18.2 Å². The fourth-order valence-corrected chi connectivity index (χ4v) is 4.25. The van der Waals surface area contributed by atoms with Crippen LogP contribution in [0.2, 0.25) is 0 Å². The number of hydrogen-bond acceptors (Lipinski definition) is 7. The minimum Gasteiger partial charge on any atom is -0.496 e. The van der Waals surface area contributed by atoms with Crippen LogP contribution in [0.4, 0.5) is 0 Å². The van der Waals surface area contributed by atoms with E-state index in [9.17, 15) is 4.79 Å². The second kappa shape index (κ2) is 6.96. The third-order valence-corrected chi connectivity index (χ3v) is 5.74. The lowest BCUT2D eigenvalue weighted by molar-refractivity contribution is 0.417. The molecule has 0 fully saturated rings. The quantitative estimate of drug-likeness (QED) is 0.412. The number of aromatic nitrogens is 1. The van der Waals surface area contributed by atoms with Gasteiger partial charge in [0.2, 0.25) is 11.0 Å². The Morgan fingerprint density at radius 1 is 1.10 bits per heavy atom. The Bertz CT molecular complexity index is 1530. The van der Waals surface area contributed by atoms with Crippen LogP contribution in [0.5, 0.6) is 5.75 Å². The van der Waals surface area contributed by atoms with Crippen molar-refractivity contribution >= 4 is 33.5 Å². The molecule has 0 atom stereocenters. The van der Waals surface area contributed by atoms with Crippen molar-refractivity contribution in [1.82, 2.24) is 4.98 Å². The molecular formula is C23H16N2O4S. The SMILES string of the molecule is COc1cc(C)cc2oc3oc(=N)c(-c4csc(-c5ccccc5)n4)cc3c(=O)c12. The zero-order valence-corrected chi connectivity index (χ0v) is 17.0. The van der Waals surface area contributed by atoms with E-state index in [-0.39, 0.29) is 22.1 Å². The number of fused-ring (bicyclic) bond motifs is 2. The molecule has 0 unspecified atom stereocenters. The van der Waals surface area contributed by atoms with E-state index >= 15 is 0 Å². The summed E-state index contributed by atoms with van der Waals surface area (Å²) in [4.78, 5) is 17.9. The van der Waals surface area contributed by atoms with Crippen molar-refractivity contribution in [2.75, 3.05) is 7.11 Å². The van der Waals surface area contributed by atoms with Gasteiger partial charge in [-0.05, 0) is 30.7 Å². The molecule has 0 bridgehead atoms. The topological polar surface area (TPSA) is 89.3 Å². The molecule has 3 aromatic heterocycles. The summed E-state index contributed by atoms with van der Waals surface area (Å²) < 4.78 is 16.8. The standard InChI is InChI=1S/C23H16N2O4S/c1-12-8-17(27-2)19-18(9-12)28-23-15(20(19)26)10-14(21(24)29-23)16-11-30-22(25-16)13-6-4-3-5-7-13/h3-11,24H,1-2H3. The third kappa shape index (κ3) is 2.91. The number of benzene rings is 2. The Morgan fingerprint density at radius 3 is 2.67 bits per heavy atom. The molecule has 0 aliphatic heterocycles. The lowest BCUT2D eigenvalue weighted by atomic mass is 10.1. The van der Waals surface area contributed by atoms with E-state index in [1.165, 1.54) is 18.4 Å². The molecule has 0 radical (unpaired) electrons. The zero-order valence-electron chi connectivity index (χ0n) is 16.2. The first kappa shape index (κ1) is 18.3. The number of ether oxygens (including phenoxy) is 1. The van der Waals surface area contributed by atoms with Crippen molar-refractivity contribution in [2.45, 2.75) is 6.92 Å². The molecule has 0 saturated heterocycles. The molecule has 0 aliphatic carbocycles. The van der Waals surface area contributed by atoms with Gasteiger partial charge in [0.25, 0.3) is 0 Å². The van der Waals surface area contributed by atoms with Crippen molar-refractivity contribution in [3.63, 3.8) is 0 Å². The summed E-state index contributed by atoms with van der Waals surface area (Å²) in [6.07, 6.45) is 0. The maximum Gasteiger partial charge on any atom is 0.303 e. The highest BCUT2D eigenvalue weighted by molar-refractivity contribution is 7.13. The van der Waals surface area contributed by atoms with Gasteiger partial charge in [-0.25, -0.2) is 4.98 Å². The van der Waals surface area contributed by atoms with Crippen LogP contribution in [0.25, 0.3) is 44.0 Å². The van der Waals surface area contributed by atoms with Crippen molar-refractivity contribution in [1.29, 1.82) is 5.41 Å². The summed E-state index contributed by atoms with van der Waals surface area (Å²) in [7, 11) is 1.51. The summed E-state index contributed by atoms with van der Waals surface area (Å²) in [6.45, 7) is 1.88. The summed E-state index contributed by atoms with van der Waals surface area (Å²) >= 11 is 1.47. The molecule has 7 heteroatoms. The highest BCUT2D eigenvalue weighted by Gasteiger charge is 2.18. The van der Waals surface area contributed by atoms with Crippen molar-refractivity contribution in [3.05, 3.63) is 75.3 Å². The Balaban J connectivity index is 1.74. The van der Waals surface area contributed by atoms with Crippen LogP contribution in [0.15, 0.2) is 67.5 Å². The van der Waals surface area contributed by atoms with Gasteiger partial charge in [0, 0.05) is 10.9 Å². The predicted octanol–water partition coefficient (Wildman–Crippen LogP) is 5.13. The lowest BCUT2D eigenvalue weighted by Crippen LogP contribution is -2.09. The minimum absolute atomic E-state index is 0.00687. The van der Waals surface area contributed by atoms with Crippen LogP contribution < -0.4 is 15.7 Å². The fourth-order valence-electron chi connectivity index (χ4n) is 3.43. The van der Waals surface area contributed by atoms with Crippen LogP contribution >= 0.6 is 11.3 Å². The highest BCUT2D eigenvalue weighted by atomic mass is 32.1. The highest BCUT2D eigenvalue weighted by Crippen LogP contribution is 2.30. The van der Waals surface area contributed by atoms with Gasteiger partial charge in [0.05, 0.1) is 18.4 Å². The van der Waals surface area contributed by atoms with Crippen molar-refractivity contribution < 1.29 is 13.6 Å². The Morgan fingerprint density at radius 2 is 1.90 bits per heavy atom. The van der Waals surface area contributed by atoms with Gasteiger partial charge in [0.15, 0.2) is 0 Å². The first-order valence-electron chi connectivity index (χ1n) is 9.20. The number of aryl methyl sites for hydroxylation is 1. The fraction of sp³-hybridized carbons (Fsp3) is 0.0870. The summed E-state index contributed by atoms with van der Waals surface area (Å²) in [5.41, 5.74) is 2.86. The van der Waals surface area contributed by atoms with E-state index in [0.29, 0.717) is 28.0 Å².